The maximum atomic E-state index is 12.8. The quantitative estimate of drug-likeness (QED) is 0.0881. The van der Waals surface area contributed by atoms with Crippen LogP contribution in [0, 0.1) is 46.3 Å². The number of carbonyl (C=O) groups is 1. The van der Waals surface area contributed by atoms with E-state index in [9.17, 15) is 4.79 Å². The van der Waals surface area contributed by atoms with Gasteiger partial charge in [-0.2, -0.15) is 0 Å². The van der Waals surface area contributed by atoms with Crippen molar-refractivity contribution in [3.05, 3.63) is 11.6 Å². The minimum Gasteiger partial charge on any atom is -0.446 e. The lowest BCUT2D eigenvalue weighted by Crippen LogP contribution is -2.51. The molecule has 6 nitrogen and oxygen atoms in total. The first kappa shape index (κ1) is 40.1. The number of fused-ring (bicyclic) bond motifs is 5. The summed E-state index contributed by atoms with van der Waals surface area (Å²) in [5.41, 5.74) is 2.41. The summed E-state index contributed by atoms with van der Waals surface area (Å²) in [5, 5.41) is 3.04. The zero-order valence-electron chi connectivity index (χ0n) is 32.8. The predicted molar refractivity (Wildman–Crippen MR) is 202 cm³/mol. The van der Waals surface area contributed by atoms with Gasteiger partial charge in [0.05, 0.1) is 6.61 Å². The molecule has 0 aromatic carbocycles. The van der Waals surface area contributed by atoms with Crippen molar-refractivity contribution in [1.82, 2.24) is 9.99 Å². The molecule has 7 heteroatoms. The molecule has 0 radical (unpaired) electrons. The Morgan fingerprint density at radius 2 is 1.65 bits per heavy atom. The lowest BCUT2D eigenvalue weighted by Gasteiger charge is -2.58. The van der Waals surface area contributed by atoms with Crippen molar-refractivity contribution < 1.29 is 18.6 Å². The highest BCUT2D eigenvalue weighted by molar-refractivity contribution is 7.44. The fourth-order valence-electron chi connectivity index (χ4n) is 11.0. The Morgan fingerprint density at radius 1 is 0.917 bits per heavy atom. The van der Waals surface area contributed by atoms with Crippen molar-refractivity contribution in [2.45, 2.75) is 177 Å². The molecule has 9 atom stereocenters. The highest BCUT2D eigenvalue weighted by Crippen LogP contribution is 2.67. The Morgan fingerprint density at radius 3 is 2.33 bits per heavy atom. The molecule has 5 unspecified atom stereocenters. The number of rotatable bonds is 18. The van der Waals surface area contributed by atoms with Gasteiger partial charge < -0.3 is 19.1 Å². The van der Waals surface area contributed by atoms with Gasteiger partial charge in [0, 0.05) is 32.2 Å². The zero-order valence-corrected chi connectivity index (χ0v) is 33.7. The molecule has 1 N–H and O–H groups in total. The first-order valence-electron chi connectivity index (χ1n) is 20.2. The third kappa shape index (κ3) is 9.60. The lowest BCUT2D eigenvalue weighted by atomic mass is 9.47. The SMILES string of the molecule is COP(OCCCCCCNC(=O)OC1CC[C@@]2(C)C(=CCC3C2CC[C@@]2(C)C3CC[C@@H]2[C@H](C)CCCC(C)C)C1)N(C(C)C)C(C)C. The van der Waals surface area contributed by atoms with Gasteiger partial charge in [0.1, 0.15) is 6.10 Å². The van der Waals surface area contributed by atoms with Crippen LogP contribution >= 0.6 is 8.53 Å². The monoisotopic (exact) mass is 691 g/mol. The van der Waals surface area contributed by atoms with Crippen LogP contribution in [0.1, 0.15) is 159 Å². The maximum Gasteiger partial charge on any atom is 0.407 e. The minimum absolute atomic E-state index is 0.0151. The Bertz CT molecular complexity index is 1030. The van der Waals surface area contributed by atoms with Gasteiger partial charge in [-0.1, -0.05) is 78.4 Å². The number of hydrogen-bond acceptors (Lipinski definition) is 5. The van der Waals surface area contributed by atoms with E-state index in [1.807, 2.05) is 0 Å². The normalized spacial score (nSPS) is 33.0. The van der Waals surface area contributed by atoms with E-state index in [1.165, 1.54) is 51.4 Å². The summed E-state index contributed by atoms with van der Waals surface area (Å²) in [6.45, 7) is 22.7. The largest absolute Gasteiger partial charge is 0.446 e. The molecule has 0 aliphatic heterocycles. The molecule has 3 saturated carbocycles. The van der Waals surface area contributed by atoms with Crippen molar-refractivity contribution >= 4 is 14.6 Å². The smallest absolute Gasteiger partial charge is 0.407 e. The molecule has 0 heterocycles. The fourth-order valence-corrected chi connectivity index (χ4v) is 12.5. The van der Waals surface area contributed by atoms with E-state index in [-0.39, 0.29) is 17.6 Å². The van der Waals surface area contributed by atoms with Gasteiger partial charge in [-0.25, -0.2) is 9.46 Å². The number of nitrogens with zero attached hydrogens (tertiary/aromatic N) is 1. The van der Waals surface area contributed by atoms with E-state index < -0.39 is 8.53 Å². The van der Waals surface area contributed by atoms with Crippen molar-refractivity contribution in [2.24, 2.45) is 46.3 Å². The van der Waals surface area contributed by atoms with Crippen molar-refractivity contribution in [3.8, 4) is 0 Å². The Hall–Kier alpha value is -0.680. The molecule has 0 aromatic heterocycles. The van der Waals surface area contributed by atoms with Gasteiger partial charge in [-0.15, -0.1) is 0 Å². The Balaban J connectivity index is 1.16. The van der Waals surface area contributed by atoms with E-state index in [1.54, 1.807) is 12.7 Å². The molecular weight excluding hydrogens is 615 g/mol. The maximum absolute atomic E-state index is 12.8. The summed E-state index contributed by atoms with van der Waals surface area (Å²) in [6.07, 6.45) is 20.8. The van der Waals surface area contributed by atoms with Crippen LogP contribution in [0.15, 0.2) is 11.6 Å². The predicted octanol–water partition coefficient (Wildman–Crippen LogP) is 11.7. The summed E-state index contributed by atoms with van der Waals surface area (Å²) in [4.78, 5) is 12.8. The zero-order chi connectivity index (χ0) is 35.1. The molecule has 4 rings (SSSR count). The van der Waals surface area contributed by atoms with Crippen LogP contribution in [-0.2, 0) is 13.8 Å². The number of unbranched alkanes of at least 4 members (excludes halogenated alkanes) is 3. The second kappa shape index (κ2) is 18.2. The Kier molecular flexibility index (Phi) is 15.2. The number of alkyl carbamates (subject to hydrolysis) is 1. The van der Waals surface area contributed by atoms with Crippen LogP contribution in [0.4, 0.5) is 4.79 Å². The summed E-state index contributed by atoms with van der Waals surface area (Å²) in [6, 6.07) is 0.775. The van der Waals surface area contributed by atoms with Crippen molar-refractivity contribution in [2.75, 3.05) is 20.3 Å². The highest BCUT2D eigenvalue weighted by atomic mass is 31.2. The van der Waals surface area contributed by atoms with Gasteiger partial charge >= 0.3 is 6.09 Å². The van der Waals surface area contributed by atoms with Crippen LogP contribution in [0.5, 0.6) is 0 Å². The van der Waals surface area contributed by atoms with Gasteiger partial charge in [0.25, 0.3) is 8.53 Å². The van der Waals surface area contributed by atoms with Crippen LogP contribution in [0.3, 0.4) is 0 Å². The number of nitrogens with one attached hydrogen (secondary N) is 1. The van der Waals surface area contributed by atoms with Crippen LogP contribution in [0.2, 0.25) is 0 Å². The van der Waals surface area contributed by atoms with Gasteiger partial charge in [0.15, 0.2) is 0 Å². The Labute approximate surface area is 297 Å². The molecule has 48 heavy (non-hydrogen) atoms. The molecule has 0 saturated heterocycles. The number of hydrogen-bond donors (Lipinski definition) is 1. The third-order valence-electron chi connectivity index (χ3n) is 13.5. The van der Waals surface area contributed by atoms with Gasteiger partial charge in [0.2, 0.25) is 0 Å². The molecule has 1 amide bonds. The second-order valence-electron chi connectivity index (χ2n) is 17.7. The molecule has 0 spiro atoms. The first-order valence-corrected chi connectivity index (χ1v) is 21.3. The van der Waals surface area contributed by atoms with Crippen molar-refractivity contribution in [1.29, 1.82) is 0 Å². The molecule has 0 bridgehead atoms. The second-order valence-corrected chi connectivity index (χ2v) is 19.3. The topological polar surface area (TPSA) is 60.0 Å². The van der Waals surface area contributed by atoms with E-state index in [0.29, 0.717) is 30.7 Å². The summed E-state index contributed by atoms with van der Waals surface area (Å²) < 4.78 is 20.1. The molecule has 0 aromatic rings. The fraction of sp³-hybridized carbons (Fsp3) is 0.927. The number of ether oxygens (including phenoxy) is 1. The standard InChI is InChI=1S/C41H75N2O4P/c1-29(2)16-15-17-32(7)36-20-21-37-35-19-18-33-28-34(22-24-40(33,8)38(35)23-25-41(36,37)9)47-39(44)42-26-13-11-12-14-27-46-48(45-10)43(30(3)4)31(5)6/h18,29-32,34-38H,11-17,19-28H2,1-10H3,(H,42,44)/t32-,34?,35?,36-,37?,38?,40+,41-,48?/m1/s1. The molecule has 3 fully saturated rings. The average Bonchev–Trinajstić information content (AvgIpc) is 3.38. The minimum atomic E-state index is -1.01. The average molecular weight is 691 g/mol. The summed E-state index contributed by atoms with van der Waals surface area (Å²) in [5.74, 6) is 5.13. The molecule has 4 aliphatic carbocycles. The third-order valence-corrected chi connectivity index (χ3v) is 15.5. The van der Waals surface area contributed by atoms with E-state index in [4.69, 9.17) is 13.8 Å². The molecule has 278 valence electrons. The number of amides is 1. The van der Waals surface area contributed by atoms with Gasteiger partial charge in [-0.05, 0) is 132 Å². The van der Waals surface area contributed by atoms with Crippen molar-refractivity contribution in [3.63, 3.8) is 0 Å². The summed E-state index contributed by atoms with van der Waals surface area (Å²) >= 11 is 0. The first-order chi connectivity index (χ1) is 22.8. The molecular formula is C41H75N2O4P. The van der Waals surface area contributed by atoms with E-state index in [2.05, 4.69) is 78.4 Å². The lowest BCUT2D eigenvalue weighted by molar-refractivity contribution is -0.0581. The van der Waals surface area contributed by atoms with Crippen LogP contribution < -0.4 is 5.32 Å². The van der Waals surface area contributed by atoms with E-state index in [0.717, 1.165) is 80.5 Å². The van der Waals surface area contributed by atoms with Crippen LogP contribution in [-0.4, -0.2) is 49.2 Å². The van der Waals surface area contributed by atoms with Crippen LogP contribution in [0.25, 0.3) is 0 Å². The van der Waals surface area contributed by atoms with Gasteiger partial charge in [-0.3, -0.25) is 0 Å². The summed E-state index contributed by atoms with van der Waals surface area (Å²) in [7, 11) is 0.729. The molecule has 4 aliphatic rings. The number of carbonyl (C=O) groups excluding carboxylic acids is 1. The highest BCUT2D eigenvalue weighted by Gasteiger charge is 2.59. The number of allylic oxidation sites excluding steroid dienone is 1. The van der Waals surface area contributed by atoms with E-state index >= 15 is 0 Å².